The average Bonchev–Trinajstić information content (AvgIpc) is 3.03. The number of carbonyl (C=O) groups excluding carboxylic acids is 2. The van der Waals surface area contributed by atoms with Crippen LogP contribution in [0.15, 0.2) is 28.9 Å². The van der Waals surface area contributed by atoms with E-state index in [1.165, 1.54) is 4.90 Å². The Hall–Kier alpha value is -2.57. The summed E-state index contributed by atoms with van der Waals surface area (Å²) in [6.45, 7) is 0.201. The number of amides is 2. The molecule has 0 bridgehead atoms. The van der Waals surface area contributed by atoms with Gasteiger partial charge in [0.15, 0.2) is 11.6 Å². The van der Waals surface area contributed by atoms with E-state index < -0.39 is 0 Å². The van der Waals surface area contributed by atoms with Gasteiger partial charge in [-0.15, -0.1) is 0 Å². The van der Waals surface area contributed by atoms with Crippen molar-refractivity contribution in [3.05, 3.63) is 41.9 Å². The molecular formula is C13H16N4O3. The van der Waals surface area contributed by atoms with Crippen molar-refractivity contribution in [1.29, 1.82) is 0 Å². The Bertz CT molecular complexity index is 627. The molecule has 1 N–H and O–H groups in total. The standard InChI is InChI=1S/C13H16N4O3/c1-16(2)13(19)10-5-4-9(20-10)8-15-12(18)11-14-6-7-17(11)3/h4-7H,8H2,1-3H3,(H,15,18). The largest absolute Gasteiger partial charge is 0.454 e. The molecule has 2 rings (SSSR count). The highest BCUT2D eigenvalue weighted by molar-refractivity contribution is 5.91. The Kier molecular flexibility index (Phi) is 3.88. The van der Waals surface area contributed by atoms with E-state index >= 15 is 0 Å². The Balaban J connectivity index is 1.97. The predicted octanol–water partition coefficient (Wildman–Crippen LogP) is 0.645. The van der Waals surface area contributed by atoms with Gasteiger partial charge >= 0.3 is 0 Å². The summed E-state index contributed by atoms with van der Waals surface area (Å²) in [6, 6.07) is 3.25. The van der Waals surface area contributed by atoms with Crippen LogP contribution in [0.25, 0.3) is 0 Å². The van der Waals surface area contributed by atoms with Crippen molar-refractivity contribution in [2.24, 2.45) is 7.05 Å². The van der Waals surface area contributed by atoms with Gasteiger partial charge in [0.1, 0.15) is 5.76 Å². The minimum atomic E-state index is -0.297. The van der Waals surface area contributed by atoms with E-state index in [1.54, 1.807) is 50.2 Å². The molecule has 2 aromatic heterocycles. The van der Waals surface area contributed by atoms with Crippen LogP contribution in [0.4, 0.5) is 0 Å². The third-order valence-electron chi connectivity index (χ3n) is 2.73. The van der Waals surface area contributed by atoms with Crippen LogP contribution < -0.4 is 5.32 Å². The maximum Gasteiger partial charge on any atom is 0.289 e. The second-order valence-electron chi connectivity index (χ2n) is 4.51. The number of hydrogen-bond acceptors (Lipinski definition) is 4. The monoisotopic (exact) mass is 276 g/mol. The Morgan fingerprint density at radius 1 is 1.40 bits per heavy atom. The van der Waals surface area contributed by atoms with Gasteiger partial charge in [-0.1, -0.05) is 0 Å². The summed E-state index contributed by atoms with van der Waals surface area (Å²) in [5.41, 5.74) is 0. The zero-order chi connectivity index (χ0) is 14.7. The maximum absolute atomic E-state index is 11.8. The maximum atomic E-state index is 11.8. The number of furan rings is 1. The van der Waals surface area contributed by atoms with Crippen LogP contribution >= 0.6 is 0 Å². The van der Waals surface area contributed by atoms with Crippen LogP contribution in [0.1, 0.15) is 26.9 Å². The molecule has 2 aromatic rings. The predicted molar refractivity (Wildman–Crippen MR) is 71.1 cm³/mol. The van der Waals surface area contributed by atoms with Gasteiger partial charge in [0.25, 0.3) is 11.8 Å². The molecule has 0 aromatic carbocycles. The highest BCUT2D eigenvalue weighted by atomic mass is 16.4. The summed E-state index contributed by atoms with van der Waals surface area (Å²) in [5, 5.41) is 2.68. The van der Waals surface area contributed by atoms with Crippen LogP contribution in [0.3, 0.4) is 0 Å². The first-order valence-electron chi connectivity index (χ1n) is 6.05. The third-order valence-corrected chi connectivity index (χ3v) is 2.73. The molecule has 0 fully saturated rings. The van der Waals surface area contributed by atoms with Gasteiger partial charge in [0.05, 0.1) is 6.54 Å². The number of nitrogens with one attached hydrogen (secondary N) is 1. The molecule has 0 atom stereocenters. The van der Waals surface area contributed by atoms with Crippen LogP contribution in [0, 0.1) is 0 Å². The minimum Gasteiger partial charge on any atom is -0.454 e. The summed E-state index contributed by atoms with van der Waals surface area (Å²) in [4.78, 5) is 28.9. The van der Waals surface area contributed by atoms with Crippen molar-refractivity contribution >= 4 is 11.8 Å². The molecule has 0 radical (unpaired) electrons. The molecule has 0 spiro atoms. The van der Waals surface area contributed by atoms with E-state index in [-0.39, 0.29) is 24.1 Å². The third kappa shape index (κ3) is 2.87. The van der Waals surface area contributed by atoms with Crippen LogP contribution in [-0.2, 0) is 13.6 Å². The lowest BCUT2D eigenvalue weighted by Crippen LogP contribution is -2.25. The average molecular weight is 276 g/mol. The molecule has 0 aliphatic heterocycles. The second kappa shape index (κ2) is 5.60. The molecule has 2 heterocycles. The van der Waals surface area contributed by atoms with Crippen molar-refractivity contribution in [2.45, 2.75) is 6.54 Å². The highest BCUT2D eigenvalue weighted by Crippen LogP contribution is 2.09. The number of aromatic nitrogens is 2. The zero-order valence-electron chi connectivity index (χ0n) is 11.6. The summed E-state index contributed by atoms with van der Waals surface area (Å²) in [5.74, 6) is 0.566. The fraction of sp³-hybridized carbons (Fsp3) is 0.308. The van der Waals surface area contributed by atoms with Gasteiger partial charge < -0.3 is 19.2 Å². The molecule has 106 valence electrons. The normalized spacial score (nSPS) is 10.3. The molecule has 0 saturated carbocycles. The summed E-state index contributed by atoms with van der Waals surface area (Å²) >= 11 is 0. The van der Waals surface area contributed by atoms with Crippen molar-refractivity contribution in [2.75, 3.05) is 14.1 Å². The van der Waals surface area contributed by atoms with Crippen LogP contribution in [0.2, 0.25) is 0 Å². The first kappa shape index (κ1) is 13.9. The lowest BCUT2D eigenvalue weighted by atomic mass is 10.4. The lowest BCUT2D eigenvalue weighted by molar-refractivity contribution is 0.0794. The fourth-order valence-electron chi connectivity index (χ4n) is 1.64. The van der Waals surface area contributed by atoms with E-state index in [2.05, 4.69) is 10.3 Å². The van der Waals surface area contributed by atoms with E-state index in [0.717, 1.165) is 0 Å². The topological polar surface area (TPSA) is 80.4 Å². The van der Waals surface area contributed by atoms with Gasteiger partial charge in [-0.05, 0) is 12.1 Å². The molecule has 0 aliphatic carbocycles. The van der Waals surface area contributed by atoms with Crippen molar-refractivity contribution < 1.29 is 14.0 Å². The number of aryl methyl sites for hydroxylation is 1. The SMILES string of the molecule is CN(C)C(=O)c1ccc(CNC(=O)c2nccn2C)o1. The number of imidazole rings is 1. The second-order valence-corrected chi connectivity index (χ2v) is 4.51. The van der Waals surface area contributed by atoms with Crippen molar-refractivity contribution in [3.8, 4) is 0 Å². The lowest BCUT2D eigenvalue weighted by Gasteiger charge is -2.07. The number of carbonyl (C=O) groups is 2. The molecular weight excluding hydrogens is 260 g/mol. The first-order valence-corrected chi connectivity index (χ1v) is 6.05. The molecule has 7 heteroatoms. The van der Waals surface area contributed by atoms with Gasteiger partial charge in [-0.3, -0.25) is 9.59 Å². The summed E-state index contributed by atoms with van der Waals surface area (Å²) in [6.07, 6.45) is 3.24. The van der Waals surface area contributed by atoms with Crippen LogP contribution in [-0.4, -0.2) is 40.4 Å². The zero-order valence-corrected chi connectivity index (χ0v) is 11.6. The fourth-order valence-corrected chi connectivity index (χ4v) is 1.64. The minimum absolute atomic E-state index is 0.201. The van der Waals surface area contributed by atoms with Gasteiger partial charge in [0.2, 0.25) is 0 Å². The van der Waals surface area contributed by atoms with E-state index in [1.807, 2.05) is 0 Å². The number of hydrogen-bond donors (Lipinski definition) is 1. The molecule has 0 aliphatic rings. The molecule has 2 amide bonds. The first-order chi connectivity index (χ1) is 9.49. The Labute approximate surface area is 116 Å². The molecule has 20 heavy (non-hydrogen) atoms. The van der Waals surface area contributed by atoms with Crippen molar-refractivity contribution in [1.82, 2.24) is 19.8 Å². The number of nitrogens with zero attached hydrogens (tertiary/aromatic N) is 3. The van der Waals surface area contributed by atoms with Gasteiger partial charge in [-0.25, -0.2) is 4.98 Å². The Morgan fingerprint density at radius 3 is 2.75 bits per heavy atom. The highest BCUT2D eigenvalue weighted by Gasteiger charge is 2.14. The summed E-state index contributed by atoms with van der Waals surface area (Å²) in [7, 11) is 5.03. The van der Waals surface area contributed by atoms with Crippen LogP contribution in [0.5, 0.6) is 0 Å². The van der Waals surface area contributed by atoms with E-state index in [9.17, 15) is 9.59 Å². The van der Waals surface area contributed by atoms with Gasteiger partial charge in [-0.2, -0.15) is 0 Å². The van der Waals surface area contributed by atoms with E-state index in [4.69, 9.17) is 4.42 Å². The smallest absolute Gasteiger partial charge is 0.289 e. The Morgan fingerprint density at radius 2 is 2.15 bits per heavy atom. The molecule has 7 nitrogen and oxygen atoms in total. The van der Waals surface area contributed by atoms with Crippen molar-refractivity contribution in [3.63, 3.8) is 0 Å². The molecule has 0 unspecified atom stereocenters. The summed E-state index contributed by atoms with van der Waals surface area (Å²) < 4.78 is 7.00. The quantitative estimate of drug-likeness (QED) is 0.889. The van der Waals surface area contributed by atoms with Gasteiger partial charge in [0, 0.05) is 33.5 Å². The molecule has 0 saturated heterocycles. The number of rotatable bonds is 4. The van der Waals surface area contributed by atoms with E-state index in [0.29, 0.717) is 11.6 Å².